The molecule has 3 rings (SSSR count). The molecule has 0 bridgehead atoms. The molecule has 1 amide bonds. The Bertz CT molecular complexity index is 910. The summed E-state index contributed by atoms with van der Waals surface area (Å²) in [5, 5.41) is 9.40. The highest BCUT2D eigenvalue weighted by atomic mass is 32.1. The Morgan fingerprint density at radius 2 is 2.00 bits per heavy atom. The molecule has 0 fully saturated rings. The SMILES string of the molecule is COc1ccc(Cn2cc(-c3csc(NC(=O)OC(C)(C)C)n3)cn2)cc1. The van der Waals surface area contributed by atoms with E-state index in [-0.39, 0.29) is 0 Å². The van der Waals surface area contributed by atoms with E-state index in [4.69, 9.17) is 9.47 Å². The molecule has 3 aromatic rings. The van der Waals surface area contributed by atoms with Crippen LogP contribution in [0.15, 0.2) is 42.0 Å². The summed E-state index contributed by atoms with van der Waals surface area (Å²) in [5.74, 6) is 0.826. The summed E-state index contributed by atoms with van der Waals surface area (Å²) in [5.41, 5.74) is 2.22. The second-order valence-corrected chi connectivity index (χ2v) is 7.80. The van der Waals surface area contributed by atoms with Gasteiger partial charge in [-0.05, 0) is 38.5 Å². The molecule has 0 spiro atoms. The molecule has 0 radical (unpaired) electrons. The summed E-state index contributed by atoms with van der Waals surface area (Å²) in [6, 6.07) is 7.86. The molecule has 0 saturated heterocycles. The lowest BCUT2D eigenvalue weighted by Gasteiger charge is -2.18. The zero-order chi connectivity index (χ0) is 19.4. The van der Waals surface area contributed by atoms with Crippen LogP contribution < -0.4 is 10.1 Å². The molecule has 7 nitrogen and oxygen atoms in total. The van der Waals surface area contributed by atoms with Crippen LogP contribution in [-0.4, -0.2) is 33.6 Å². The zero-order valence-electron chi connectivity index (χ0n) is 15.7. The van der Waals surface area contributed by atoms with Gasteiger partial charge >= 0.3 is 6.09 Å². The molecule has 8 heteroatoms. The van der Waals surface area contributed by atoms with Crippen molar-refractivity contribution in [1.29, 1.82) is 0 Å². The van der Waals surface area contributed by atoms with Gasteiger partial charge in [-0.1, -0.05) is 12.1 Å². The van der Waals surface area contributed by atoms with E-state index >= 15 is 0 Å². The van der Waals surface area contributed by atoms with E-state index in [9.17, 15) is 4.79 Å². The van der Waals surface area contributed by atoms with E-state index in [1.54, 1.807) is 13.3 Å². The molecule has 2 heterocycles. The summed E-state index contributed by atoms with van der Waals surface area (Å²) in [4.78, 5) is 16.3. The van der Waals surface area contributed by atoms with E-state index in [0.717, 1.165) is 22.6 Å². The summed E-state index contributed by atoms with van der Waals surface area (Å²) in [7, 11) is 1.65. The van der Waals surface area contributed by atoms with Crippen LogP contribution >= 0.6 is 11.3 Å². The minimum atomic E-state index is -0.549. The molecular formula is C19H22N4O3S. The third-order valence-corrected chi connectivity index (χ3v) is 4.30. The molecule has 0 atom stereocenters. The van der Waals surface area contributed by atoms with Crippen molar-refractivity contribution in [2.24, 2.45) is 0 Å². The average molecular weight is 386 g/mol. The number of hydrogen-bond acceptors (Lipinski definition) is 6. The second-order valence-electron chi connectivity index (χ2n) is 6.94. The van der Waals surface area contributed by atoms with Gasteiger partial charge < -0.3 is 9.47 Å². The topological polar surface area (TPSA) is 78.3 Å². The number of anilines is 1. The number of aromatic nitrogens is 3. The largest absolute Gasteiger partial charge is 0.497 e. The van der Waals surface area contributed by atoms with Gasteiger partial charge in [0.2, 0.25) is 0 Å². The number of amides is 1. The molecule has 1 aromatic carbocycles. The monoisotopic (exact) mass is 386 g/mol. The predicted molar refractivity (Wildman–Crippen MR) is 105 cm³/mol. The quantitative estimate of drug-likeness (QED) is 0.703. The Morgan fingerprint density at radius 1 is 1.26 bits per heavy atom. The number of nitrogens with zero attached hydrogens (tertiary/aromatic N) is 3. The Kier molecular flexibility index (Phi) is 5.46. The van der Waals surface area contributed by atoms with Crippen molar-refractivity contribution in [2.45, 2.75) is 32.9 Å². The van der Waals surface area contributed by atoms with Gasteiger partial charge in [-0.3, -0.25) is 10.00 Å². The maximum Gasteiger partial charge on any atom is 0.413 e. The third kappa shape index (κ3) is 5.30. The fourth-order valence-electron chi connectivity index (χ4n) is 2.35. The zero-order valence-corrected chi connectivity index (χ0v) is 16.5. The van der Waals surface area contributed by atoms with Crippen molar-refractivity contribution >= 4 is 22.6 Å². The van der Waals surface area contributed by atoms with Gasteiger partial charge in [0.15, 0.2) is 5.13 Å². The van der Waals surface area contributed by atoms with Crippen molar-refractivity contribution in [3.8, 4) is 17.0 Å². The molecule has 0 aliphatic heterocycles. The van der Waals surface area contributed by atoms with Gasteiger partial charge in [0.25, 0.3) is 0 Å². The first-order valence-corrected chi connectivity index (χ1v) is 9.32. The van der Waals surface area contributed by atoms with Crippen molar-refractivity contribution < 1.29 is 14.3 Å². The van der Waals surface area contributed by atoms with Crippen molar-refractivity contribution in [1.82, 2.24) is 14.8 Å². The Labute approximate surface area is 162 Å². The van der Waals surface area contributed by atoms with E-state index in [2.05, 4.69) is 15.4 Å². The summed E-state index contributed by atoms with van der Waals surface area (Å²) in [6.07, 6.45) is 3.17. The van der Waals surface area contributed by atoms with E-state index in [1.807, 2.05) is 61.3 Å². The maximum atomic E-state index is 11.8. The fraction of sp³-hybridized carbons (Fsp3) is 0.316. The van der Waals surface area contributed by atoms with Crippen molar-refractivity contribution in [3.05, 3.63) is 47.6 Å². The van der Waals surface area contributed by atoms with Gasteiger partial charge in [-0.2, -0.15) is 5.10 Å². The highest BCUT2D eigenvalue weighted by Gasteiger charge is 2.17. The average Bonchev–Trinajstić information content (AvgIpc) is 3.23. The summed E-state index contributed by atoms with van der Waals surface area (Å²) in [6.45, 7) is 6.10. The summed E-state index contributed by atoms with van der Waals surface area (Å²) < 4.78 is 12.2. The standard InChI is InChI=1S/C19H22N4O3S/c1-19(2,3)26-18(24)22-17-21-16(12-27-17)14-9-20-23(11-14)10-13-5-7-15(25-4)8-6-13/h5-9,11-12H,10H2,1-4H3,(H,21,22,24). The minimum absolute atomic E-state index is 0.488. The van der Waals surface area contributed by atoms with Crippen molar-refractivity contribution in [2.75, 3.05) is 12.4 Å². The van der Waals surface area contributed by atoms with Crippen LogP contribution in [0.5, 0.6) is 5.75 Å². The lowest BCUT2D eigenvalue weighted by atomic mass is 10.2. The predicted octanol–water partition coefficient (Wildman–Crippen LogP) is 4.41. The van der Waals surface area contributed by atoms with E-state index in [0.29, 0.717) is 11.7 Å². The number of carbonyl (C=O) groups is 1. The molecule has 27 heavy (non-hydrogen) atoms. The van der Waals surface area contributed by atoms with Crippen LogP contribution in [0.2, 0.25) is 0 Å². The van der Waals surface area contributed by atoms with Gasteiger partial charge in [0, 0.05) is 17.1 Å². The number of rotatable bonds is 5. The number of benzene rings is 1. The van der Waals surface area contributed by atoms with Gasteiger partial charge in [0.1, 0.15) is 11.4 Å². The normalized spacial score (nSPS) is 11.3. The van der Waals surface area contributed by atoms with E-state index < -0.39 is 11.7 Å². The summed E-state index contributed by atoms with van der Waals surface area (Å²) >= 11 is 1.34. The Balaban J connectivity index is 1.64. The van der Waals surface area contributed by atoms with Gasteiger partial charge in [0.05, 0.1) is 25.5 Å². The van der Waals surface area contributed by atoms with Crippen molar-refractivity contribution in [3.63, 3.8) is 0 Å². The van der Waals surface area contributed by atoms with Crippen LogP contribution in [0.1, 0.15) is 26.3 Å². The van der Waals surface area contributed by atoms with Crippen LogP contribution in [-0.2, 0) is 11.3 Å². The highest BCUT2D eigenvalue weighted by Crippen LogP contribution is 2.25. The molecule has 0 aliphatic carbocycles. The lowest BCUT2D eigenvalue weighted by Crippen LogP contribution is -2.27. The molecule has 2 aromatic heterocycles. The third-order valence-electron chi connectivity index (χ3n) is 3.54. The first-order valence-electron chi connectivity index (χ1n) is 8.44. The molecule has 0 saturated carbocycles. The molecule has 1 N–H and O–H groups in total. The first-order chi connectivity index (χ1) is 12.8. The van der Waals surface area contributed by atoms with Crippen LogP contribution in [0.3, 0.4) is 0 Å². The fourth-order valence-corrected chi connectivity index (χ4v) is 3.06. The van der Waals surface area contributed by atoms with Crippen LogP contribution in [0, 0.1) is 0 Å². The number of carbonyl (C=O) groups excluding carboxylic acids is 1. The lowest BCUT2D eigenvalue weighted by molar-refractivity contribution is 0.0636. The van der Waals surface area contributed by atoms with Gasteiger partial charge in [-0.15, -0.1) is 11.3 Å². The van der Waals surface area contributed by atoms with Gasteiger partial charge in [-0.25, -0.2) is 9.78 Å². The Hall–Kier alpha value is -2.87. The molecule has 142 valence electrons. The molecular weight excluding hydrogens is 364 g/mol. The first kappa shape index (κ1) is 18.9. The van der Waals surface area contributed by atoms with E-state index in [1.165, 1.54) is 11.3 Å². The number of thiazole rings is 1. The van der Waals surface area contributed by atoms with Crippen LogP contribution in [0.4, 0.5) is 9.93 Å². The minimum Gasteiger partial charge on any atom is -0.497 e. The smallest absolute Gasteiger partial charge is 0.413 e. The highest BCUT2D eigenvalue weighted by molar-refractivity contribution is 7.14. The Morgan fingerprint density at radius 3 is 2.67 bits per heavy atom. The molecule has 0 unspecified atom stereocenters. The number of nitrogens with one attached hydrogen (secondary N) is 1. The molecule has 0 aliphatic rings. The number of ether oxygens (including phenoxy) is 2. The maximum absolute atomic E-state index is 11.8. The second kappa shape index (κ2) is 7.79. The number of methoxy groups -OCH3 is 1. The number of hydrogen-bond donors (Lipinski definition) is 1. The van der Waals surface area contributed by atoms with Crippen LogP contribution in [0.25, 0.3) is 11.3 Å².